The molecule has 0 spiro atoms. The van der Waals surface area contributed by atoms with Crippen molar-refractivity contribution < 1.29 is 5.11 Å². The Morgan fingerprint density at radius 3 is 2.73 bits per heavy atom. The van der Waals surface area contributed by atoms with Crippen LogP contribution in [0.3, 0.4) is 0 Å². The molecular formula is C9H15NO. The van der Waals surface area contributed by atoms with Gasteiger partial charge in [-0.1, -0.05) is 5.92 Å². The van der Waals surface area contributed by atoms with E-state index < -0.39 is 0 Å². The topological polar surface area (TPSA) is 32.3 Å². The first-order valence-electron chi connectivity index (χ1n) is 4.08. The van der Waals surface area contributed by atoms with E-state index in [2.05, 4.69) is 11.2 Å². The fourth-order valence-electron chi connectivity index (χ4n) is 1.33. The molecule has 1 saturated carbocycles. The summed E-state index contributed by atoms with van der Waals surface area (Å²) in [6.07, 6.45) is 8.49. The molecule has 0 aliphatic heterocycles. The molecule has 1 aliphatic carbocycles. The van der Waals surface area contributed by atoms with Gasteiger partial charge in [0.2, 0.25) is 0 Å². The van der Waals surface area contributed by atoms with Gasteiger partial charge in [-0.2, -0.15) is 0 Å². The van der Waals surface area contributed by atoms with Crippen LogP contribution in [-0.4, -0.2) is 24.8 Å². The minimum atomic E-state index is 0.303. The molecule has 0 radical (unpaired) electrons. The second-order valence-electron chi connectivity index (χ2n) is 3.28. The Kier molecular flexibility index (Phi) is 2.92. The molecule has 0 heterocycles. The van der Waals surface area contributed by atoms with Crippen LogP contribution < -0.4 is 5.32 Å². The van der Waals surface area contributed by atoms with E-state index in [1.54, 1.807) is 0 Å². The van der Waals surface area contributed by atoms with Crippen LogP contribution in [0.5, 0.6) is 0 Å². The molecule has 1 rings (SSSR count). The minimum absolute atomic E-state index is 0.303. The van der Waals surface area contributed by atoms with Crippen molar-refractivity contribution in [3.8, 4) is 12.3 Å². The van der Waals surface area contributed by atoms with E-state index in [1.165, 1.54) is 12.8 Å². The summed E-state index contributed by atoms with van der Waals surface area (Å²) in [6.45, 7) is 1.92. The smallest absolute Gasteiger partial charge is 0.0574 e. The number of aliphatic hydroxyl groups excluding tert-OH is 1. The number of hydrogen-bond donors (Lipinski definition) is 2. The molecule has 0 bridgehead atoms. The normalized spacial score (nSPS) is 19.3. The SMILES string of the molecule is C#CCNCC1(CCO)CC1. The zero-order chi connectivity index (χ0) is 8.16. The highest BCUT2D eigenvalue weighted by atomic mass is 16.3. The molecule has 1 fully saturated rings. The zero-order valence-electron chi connectivity index (χ0n) is 6.77. The van der Waals surface area contributed by atoms with Crippen LogP contribution in [0.15, 0.2) is 0 Å². The molecule has 0 atom stereocenters. The lowest BCUT2D eigenvalue weighted by molar-refractivity contribution is 0.246. The lowest BCUT2D eigenvalue weighted by atomic mass is 10.0. The second-order valence-corrected chi connectivity index (χ2v) is 3.28. The van der Waals surface area contributed by atoms with Gasteiger partial charge < -0.3 is 10.4 Å². The average Bonchev–Trinajstić information content (AvgIpc) is 2.71. The van der Waals surface area contributed by atoms with Crippen LogP contribution in [0.2, 0.25) is 0 Å². The molecular weight excluding hydrogens is 138 g/mol. The predicted octanol–water partition coefficient (Wildman–Crippen LogP) is 0.372. The highest BCUT2D eigenvalue weighted by Crippen LogP contribution is 2.47. The largest absolute Gasteiger partial charge is 0.396 e. The molecule has 0 saturated heterocycles. The third-order valence-corrected chi connectivity index (χ3v) is 2.33. The standard InChI is InChI=1S/C9H15NO/c1-2-6-10-8-9(3-4-9)5-7-11/h1,10-11H,3-8H2. The molecule has 62 valence electrons. The Bertz CT molecular complexity index is 155. The third-order valence-electron chi connectivity index (χ3n) is 2.33. The molecule has 2 N–H and O–H groups in total. The number of nitrogens with one attached hydrogen (secondary N) is 1. The Balaban J connectivity index is 2.10. The van der Waals surface area contributed by atoms with Gasteiger partial charge in [0.05, 0.1) is 6.54 Å². The zero-order valence-corrected chi connectivity index (χ0v) is 6.77. The van der Waals surface area contributed by atoms with Gasteiger partial charge in [0.15, 0.2) is 0 Å². The Morgan fingerprint density at radius 1 is 1.55 bits per heavy atom. The van der Waals surface area contributed by atoms with E-state index in [4.69, 9.17) is 11.5 Å². The van der Waals surface area contributed by atoms with Crippen molar-refractivity contribution in [2.45, 2.75) is 19.3 Å². The molecule has 1 aliphatic rings. The summed E-state index contributed by atoms with van der Waals surface area (Å²) in [5.74, 6) is 2.54. The Hall–Kier alpha value is -0.520. The van der Waals surface area contributed by atoms with E-state index in [1.807, 2.05) is 0 Å². The highest BCUT2D eigenvalue weighted by Gasteiger charge is 2.40. The van der Waals surface area contributed by atoms with Gasteiger partial charge in [0.25, 0.3) is 0 Å². The fourth-order valence-corrected chi connectivity index (χ4v) is 1.33. The van der Waals surface area contributed by atoms with Crippen LogP contribution in [0.25, 0.3) is 0 Å². The van der Waals surface area contributed by atoms with E-state index in [0.717, 1.165) is 13.0 Å². The summed E-state index contributed by atoms with van der Waals surface area (Å²) in [4.78, 5) is 0. The number of terminal acetylenes is 1. The third kappa shape index (κ3) is 2.53. The van der Waals surface area contributed by atoms with Gasteiger partial charge >= 0.3 is 0 Å². The Labute approximate surface area is 68.0 Å². The van der Waals surface area contributed by atoms with Gasteiger partial charge in [-0.15, -0.1) is 6.42 Å². The fraction of sp³-hybridized carbons (Fsp3) is 0.778. The van der Waals surface area contributed by atoms with E-state index in [-0.39, 0.29) is 0 Å². The predicted molar refractivity (Wildman–Crippen MR) is 45.1 cm³/mol. The first kappa shape index (κ1) is 8.58. The quantitative estimate of drug-likeness (QED) is 0.442. The Morgan fingerprint density at radius 2 is 2.27 bits per heavy atom. The molecule has 0 aromatic carbocycles. The molecule has 0 aromatic heterocycles. The summed E-state index contributed by atoms with van der Waals surface area (Å²) in [5, 5.41) is 11.9. The van der Waals surface area contributed by atoms with Crippen LogP contribution in [-0.2, 0) is 0 Å². The van der Waals surface area contributed by atoms with Crippen LogP contribution >= 0.6 is 0 Å². The summed E-state index contributed by atoms with van der Waals surface area (Å²) >= 11 is 0. The monoisotopic (exact) mass is 153 g/mol. The van der Waals surface area contributed by atoms with Gasteiger partial charge in [0.1, 0.15) is 0 Å². The van der Waals surface area contributed by atoms with Crippen LogP contribution in [0, 0.1) is 17.8 Å². The van der Waals surface area contributed by atoms with Crippen LogP contribution in [0.4, 0.5) is 0 Å². The molecule has 2 nitrogen and oxygen atoms in total. The van der Waals surface area contributed by atoms with Crippen molar-refractivity contribution in [3.05, 3.63) is 0 Å². The van der Waals surface area contributed by atoms with Gasteiger partial charge in [-0.3, -0.25) is 0 Å². The molecule has 2 heteroatoms. The number of rotatable bonds is 5. The molecule has 0 aromatic rings. The van der Waals surface area contributed by atoms with Crippen molar-refractivity contribution in [3.63, 3.8) is 0 Å². The second kappa shape index (κ2) is 3.75. The number of hydrogen-bond acceptors (Lipinski definition) is 2. The van der Waals surface area contributed by atoms with Crippen molar-refractivity contribution >= 4 is 0 Å². The maximum atomic E-state index is 8.73. The number of aliphatic hydroxyl groups is 1. The molecule has 0 unspecified atom stereocenters. The van der Waals surface area contributed by atoms with Crippen LogP contribution in [0.1, 0.15) is 19.3 Å². The van der Waals surface area contributed by atoms with E-state index >= 15 is 0 Å². The summed E-state index contributed by atoms with van der Waals surface area (Å²) < 4.78 is 0. The molecule has 0 amide bonds. The van der Waals surface area contributed by atoms with Crippen molar-refractivity contribution in [1.82, 2.24) is 5.32 Å². The maximum Gasteiger partial charge on any atom is 0.0574 e. The first-order valence-corrected chi connectivity index (χ1v) is 4.08. The summed E-state index contributed by atoms with van der Waals surface area (Å²) in [7, 11) is 0. The lowest BCUT2D eigenvalue weighted by Crippen LogP contribution is -2.24. The average molecular weight is 153 g/mol. The van der Waals surface area contributed by atoms with E-state index in [0.29, 0.717) is 18.6 Å². The molecule has 11 heavy (non-hydrogen) atoms. The van der Waals surface area contributed by atoms with Gasteiger partial charge in [0, 0.05) is 13.2 Å². The van der Waals surface area contributed by atoms with Crippen molar-refractivity contribution in [2.24, 2.45) is 5.41 Å². The highest BCUT2D eigenvalue weighted by molar-refractivity contribution is 4.96. The van der Waals surface area contributed by atoms with Gasteiger partial charge in [-0.05, 0) is 24.7 Å². The van der Waals surface area contributed by atoms with Crippen molar-refractivity contribution in [1.29, 1.82) is 0 Å². The summed E-state index contributed by atoms with van der Waals surface area (Å²) in [5.41, 5.74) is 0.394. The lowest BCUT2D eigenvalue weighted by Gasteiger charge is -2.12. The minimum Gasteiger partial charge on any atom is -0.396 e. The van der Waals surface area contributed by atoms with Crippen molar-refractivity contribution in [2.75, 3.05) is 19.7 Å². The van der Waals surface area contributed by atoms with Gasteiger partial charge in [-0.25, -0.2) is 0 Å². The van der Waals surface area contributed by atoms with E-state index in [9.17, 15) is 0 Å². The first-order chi connectivity index (χ1) is 5.33. The maximum absolute atomic E-state index is 8.73. The summed E-state index contributed by atoms with van der Waals surface area (Å²) in [6, 6.07) is 0.